The van der Waals surface area contributed by atoms with Crippen molar-refractivity contribution in [2.45, 2.75) is 63.6 Å². The van der Waals surface area contributed by atoms with E-state index < -0.39 is 0 Å². The quantitative estimate of drug-likeness (QED) is 0.888. The minimum Gasteiger partial charge on any atom is -0.328 e. The van der Waals surface area contributed by atoms with Gasteiger partial charge in [0, 0.05) is 23.0 Å². The zero-order valence-corrected chi connectivity index (χ0v) is 12.7. The fourth-order valence-corrected chi connectivity index (χ4v) is 4.59. The van der Waals surface area contributed by atoms with Crippen molar-refractivity contribution in [1.29, 1.82) is 0 Å². The van der Waals surface area contributed by atoms with Crippen LogP contribution < -0.4 is 5.73 Å². The van der Waals surface area contributed by atoms with E-state index in [1.807, 2.05) is 11.3 Å². The van der Waals surface area contributed by atoms with Crippen molar-refractivity contribution >= 4 is 11.3 Å². The second-order valence-corrected chi connectivity index (χ2v) is 7.18. The van der Waals surface area contributed by atoms with Crippen molar-refractivity contribution < 1.29 is 0 Å². The topological polar surface area (TPSA) is 29.3 Å². The van der Waals surface area contributed by atoms with Crippen LogP contribution in [0.25, 0.3) is 0 Å². The molecule has 2 saturated carbocycles. The van der Waals surface area contributed by atoms with E-state index in [-0.39, 0.29) is 0 Å². The lowest BCUT2D eigenvalue weighted by atomic mass is 9.89. The van der Waals surface area contributed by atoms with Gasteiger partial charge < -0.3 is 5.73 Å². The van der Waals surface area contributed by atoms with Crippen LogP contribution in [0.3, 0.4) is 0 Å². The summed E-state index contributed by atoms with van der Waals surface area (Å²) in [7, 11) is 0. The van der Waals surface area contributed by atoms with Gasteiger partial charge in [-0.25, -0.2) is 0 Å². The lowest BCUT2D eigenvalue weighted by molar-refractivity contribution is 0.0950. The van der Waals surface area contributed by atoms with Gasteiger partial charge in [-0.05, 0) is 62.4 Å². The molecule has 0 radical (unpaired) electrons. The SMILES string of the molecule is CCN(C1CCC(N)CC1)C(c1cccs1)C1CC1. The number of rotatable bonds is 5. The molecule has 2 N–H and O–H groups in total. The van der Waals surface area contributed by atoms with Crippen LogP contribution in [0.4, 0.5) is 0 Å². The summed E-state index contributed by atoms with van der Waals surface area (Å²) in [6.45, 7) is 3.51. The molecule has 1 aromatic rings. The third kappa shape index (κ3) is 3.04. The summed E-state index contributed by atoms with van der Waals surface area (Å²) in [5, 5.41) is 2.23. The van der Waals surface area contributed by atoms with E-state index in [0.29, 0.717) is 12.1 Å². The van der Waals surface area contributed by atoms with Gasteiger partial charge in [0.1, 0.15) is 0 Å². The zero-order chi connectivity index (χ0) is 13.2. The summed E-state index contributed by atoms with van der Waals surface area (Å²) >= 11 is 1.94. The molecule has 1 heterocycles. The fraction of sp³-hybridized carbons (Fsp3) is 0.750. The van der Waals surface area contributed by atoms with Crippen LogP contribution in [0.15, 0.2) is 17.5 Å². The van der Waals surface area contributed by atoms with E-state index >= 15 is 0 Å². The van der Waals surface area contributed by atoms with Crippen molar-refractivity contribution in [3.05, 3.63) is 22.4 Å². The number of thiophene rings is 1. The van der Waals surface area contributed by atoms with Gasteiger partial charge in [-0.1, -0.05) is 13.0 Å². The summed E-state index contributed by atoms with van der Waals surface area (Å²) in [6, 6.07) is 6.45. The highest BCUT2D eigenvalue weighted by Gasteiger charge is 2.39. The number of nitrogens with two attached hydrogens (primary N) is 1. The van der Waals surface area contributed by atoms with Gasteiger partial charge in [0.25, 0.3) is 0 Å². The fourth-order valence-electron chi connectivity index (χ4n) is 3.65. The third-order valence-corrected chi connectivity index (χ3v) is 5.78. The van der Waals surface area contributed by atoms with Gasteiger partial charge in [0.2, 0.25) is 0 Å². The van der Waals surface area contributed by atoms with Crippen LogP contribution in [0.2, 0.25) is 0 Å². The molecule has 1 unspecified atom stereocenters. The van der Waals surface area contributed by atoms with Gasteiger partial charge in [-0.2, -0.15) is 0 Å². The third-order valence-electron chi connectivity index (χ3n) is 4.84. The van der Waals surface area contributed by atoms with E-state index in [4.69, 9.17) is 5.73 Å². The lowest BCUT2D eigenvalue weighted by Gasteiger charge is -2.40. The summed E-state index contributed by atoms with van der Waals surface area (Å²) in [4.78, 5) is 4.37. The van der Waals surface area contributed by atoms with Crippen LogP contribution in [-0.4, -0.2) is 23.5 Å². The predicted molar refractivity (Wildman–Crippen MR) is 82.4 cm³/mol. The Balaban J connectivity index is 1.75. The first kappa shape index (κ1) is 13.6. The molecule has 2 fully saturated rings. The molecule has 2 nitrogen and oxygen atoms in total. The summed E-state index contributed by atoms with van der Waals surface area (Å²) in [5.74, 6) is 0.911. The number of hydrogen-bond acceptors (Lipinski definition) is 3. The maximum atomic E-state index is 6.06. The molecule has 0 saturated heterocycles. The molecule has 1 atom stereocenters. The van der Waals surface area contributed by atoms with Gasteiger partial charge in [-0.3, -0.25) is 4.90 Å². The van der Waals surface area contributed by atoms with Gasteiger partial charge in [-0.15, -0.1) is 11.3 Å². The lowest BCUT2D eigenvalue weighted by Crippen LogP contribution is -2.43. The van der Waals surface area contributed by atoms with E-state index in [0.717, 1.165) is 12.0 Å². The van der Waals surface area contributed by atoms with E-state index in [1.165, 1.54) is 45.1 Å². The summed E-state index contributed by atoms with van der Waals surface area (Å²) in [6.07, 6.45) is 7.86. The second kappa shape index (κ2) is 5.94. The maximum Gasteiger partial charge on any atom is 0.0472 e. The van der Waals surface area contributed by atoms with Crippen molar-refractivity contribution in [3.63, 3.8) is 0 Å². The molecule has 0 amide bonds. The first-order chi connectivity index (χ1) is 9.29. The molecule has 0 aliphatic heterocycles. The van der Waals surface area contributed by atoms with E-state index in [2.05, 4.69) is 29.3 Å². The predicted octanol–water partition coefficient (Wildman–Crippen LogP) is 3.79. The van der Waals surface area contributed by atoms with Gasteiger partial charge >= 0.3 is 0 Å². The molecule has 1 aromatic heterocycles. The number of nitrogens with zero attached hydrogens (tertiary/aromatic N) is 1. The highest BCUT2D eigenvalue weighted by atomic mass is 32.1. The smallest absolute Gasteiger partial charge is 0.0472 e. The van der Waals surface area contributed by atoms with Crippen molar-refractivity contribution in [1.82, 2.24) is 4.90 Å². The van der Waals surface area contributed by atoms with Crippen molar-refractivity contribution in [3.8, 4) is 0 Å². The number of hydrogen-bond donors (Lipinski definition) is 1. The van der Waals surface area contributed by atoms with Crippen molar-refractivity contribution in [2.24, 2.45) is 11.7 Å². The van der Waals surface area contributed by atoms with Crippen LogP contribution in [0, 0.1) is 5.92 Å². The van der Waals surface area contributed by atoms with Crippen LogP contribution >= 0.6 is 11.3 Å². The monoisotopic (exact) mass is 278 g/mol. The average molecular weight is 278 g/mol. The minimum atomic E-state index is 0.455. The standard InChI is InChI=1S/C16H26N2S/c1-2-18(14-9-7-13(17)8-10-14)16(12-5-6-12)15-4-3-11-19-15/h3-4,11-14,16H,2,5-10,17H2,1H3. The normalized spacial score (nSPS) is 29.6. The minimum absolute atomic E-state index is 0.455. The van der Waals surface area contributed by atoms with Crippen LogP contribution in [0.1, 0.15) is 56.4 Å². The summed E-state index contributed by atoms with van der Waals surface area (Å²) in [5.41, 5.74) is 6.06. The Bertz CT molecular complexity index is 377. The molecular weight excluding hydrogens is 252 g/mol. The summed E-state index contributed by atoms with van der Waals surface area (Å²) < 4.78 is 0. The molecule has 19 heavy (non-hydrogen) atoms. The molecule has 3 heteroatoms. The van der Waals surface area contributed by atoms with E-state index in [1.54, 1.807) is 4.88 Å². The Labute approximate surface area is 121 Å². The average Bonchev–Trinajstić information content (AvgIpc) is 3.11. The van der Waals surface area contributed by atoms with Crippen LogP contribution in [-0.2, 0) is 0 Å². The Kier molecular flexibility index (Phi) is 4.25. The van der Waals surface area contributed by atoms with E-state index in [9.17, 15) is 0 Å². The molecular formula is C16H26N2S. The van der Waals surface area contributed by atoms with Crippen LogP contribution in [0.5, 0.6) is 0 Å². The molecule has 0 bridgehead atoms. The second-order valence-electron chi connectivity index (χ2n) is 6.20. The first-order valence-corrected chi connectivity index (χ1v) is 8.72. The first-order valence-electron chi connectivity index (χ1n) is 7.84. The zero-order valence-electron chi connectivity index (χ0n) is 11.9. The largest absolute Gasteiger partial charge is 0.328 e. The molecule has 2 aliphatic rings. The molecule has 0 spiro atoms. The Morgan fingerprint density at radius 1 is 1.26 bits per heavy atom. The molecule has 0 aromatic carbocycles. The highest BCUT2D eigenvalue weighted by Crippen LogP contribution is 2.47. The Morgan fingerprint density at radius 2 is 2.00 bits per heavy atom. The molecule has 3 rings (SSSR count). The van der Waals surface area contributed by atoms with Gasteiger partial charge in [0.05, 0.1) is 0 Å². The highest BCUT2D eigenvalue weighted by molar-refractivity contribution is 7.10. The molecule has 106 valence electrons. The van der Waals surface area contributed by atoms with Gasteiger partial charge in [0.15, 0.2) is 0 Å². The maximum absolute atomic E-state index is 6.06. The molecule has 2 aliphatic carbocycles. The van der Waals surface area contributed by atoms with Crippen molar-refractivity contribution in [2.75, 3.05) is 6.54 Å². The Morgan fingerprint density at radius 3 is 2.53 bits per heavy atom. The Hall–Kier alpha value is -0.380.